The topological polar surface area (TPSA) is 64.5 Å². The molecule has 2 aromatic rings. The molecule has 2 aliphatic rings. The Morgan fingerprint density at radius 3 is 2.79 bits per heavy atom. The van der Waals surface area contributed by atoms with Gasteiger partial charge in [0.25, 0.3) is 5.91 Å². The van der Waals surface area contributed by atoms with E-state index in [0.717, 1.165) is 44.5 Å². The van der Waals surface area contributed by atoms with Gasteiger partial charge in [-0.25, -0.2) is 0 Å². The Kier molecular flexibility index (Phi) is 5.74. The van der Waals surface area contributed by atoms with E-state index in [0.29, 0.717) is 29.7 Å². The standard InChI is InChI=1S/C22H27N3O3/c1-27-19-7-4-6-18(13-19)22(26)25-11-9-16(10-12-25)15-28-21-14-17-5-2-3-8-20(17)23-24-21/h4,6-7,13-14,16H,2-3,5,8-12,15H2,1H3. The molecule has 0 saturated carbocycles. The molecule has 2 heterocycles. The Morgan fingerprint density at radius 2 is 1.96 bits per heavy atom. The SMILES string of the molecule is COc1cccc(C(=O)N2CCC(COc3cc4c(nn3)CCCC4)CC2)c1. The summed E-state index contributed by atoms with van der Waals surface area (Å²) >= 11 is 0. The second-order valence-electron chi connectivity index (χ2n) is 7.64. The number of aromatic nitrogens is 2. The Balaban J connectivity index is 1.28. The number of hydrogen-bond donors (Lipinski definition) is 0. The maximum atomic E-state index is 12.7. The van der Waals surface area contributed by atoms with E-state index < -0.39 is 0 Å². The van der Waals surface area contributed by atoms with Crippen molar-refractivity contribution in [1.29, 1.82) is 0 Å². The van der Waals surface area contributed by atoms with E-state index in [9.17, 15) is 4.79 Å². The zero-order chi connectivity index (χ0) is 19.3. The lowest BCUT2D eigenvalue weighted by Gasteiger charge is -2.32. The molecule has 1 amide bonds. The molecule has 0 N–H and O–H groups in total. The number of carbonyl (C=O) groups excluding carboxylic acids is 1. The van der Waals surface area contributed by atoms with Gasteiger partial charge in [-0.3, -0.25) is 4.79 Å². The van der Waals surface area contributed by atoms with Gasteiger partial charge in [-0.1, -0.05) is 6.07 Å². The van der Waals surface area contributed by atoms with Gasteiger partial charge in [-0.2, -0.15) is 5.10 Å². The maximum absolute atomic E-state index is 12.7. The molecule has 6 heteroatoms. The van der Waals surface area contributed by atoms with Crippen LogP contribution in [0.1, 0.15) is 47.3 Å². The summed E-state index contributed by atoms with van der Waals surface area (Å²) in [7, 11) is 1.61. The van der Waals surface area contributed by atoms with Crippen LogP contribution in [0, 0.1) is 5.92 Å². The van der Waals surface area contributed by atoms with Gasteiger partial charge in [0.15, 0.2) is 0 Å². The molecule has 4 rings (SSSR count). The molecule has 28 heavy (non-hydrogen) atoms. The van der Waals surface area contributed by atoms with Crippen molar-refractivity contribution in [3.8, 4) is 11.6 Å². The first-order valence-electron chi connectivity index (χ1n) is 10.1. The summed E-state index contributed by atoms with van der Waals surface area (Å²) in [4.78, 5) is 14.6. The van der Waals surface area contributed by atoms with E-state index in [1.165, 1.54) is 18.4 Å². The predicted molar refractivity (Wildman–Crippen MR) is 106 cm³/mol. The van der Waals surface area contributed by atoms with E-state index in [1.807, 2.05) is 23.1 Å². The molecule has 0 unspecified atom stereocenters. The molecule has 0 radical (unpaired) electrons. The van der Waals surface area contributed by atoms with E-state index in [1.54, 1.807) is 13.2 Å². The van der Waals surface area contributed by atoms with Gasteiger partial charge < -0.3 is 14.4 Å². The summed E-state index contributed by atoms with van der Waals surface area (Å²) in [5, 5.41) is 8.55. The van der Waals surface area contributed by atoms with Crippen molar-refractivity contribution >= 4 is 5.91 Å². The zero-order valence-corrected chi connectivity index (χ0v) is 16.4. The fourth-order valence-electron chi connectivity index (χ4n) is 3.99. The van der Waals surface area contributed by atoms with Crippen LogP contribution < -0.4 is 9.47 Å². The summed E-state index contributed by atoms with van der Waals surface area (Å²) in [6, 6.07) is 9.40. The highest BCUT2D eigenvalue weighted by Gasteiger charge is 2.24. The number of ether oxygens (including phenoxy) is 2. The van der Waals surface area contributed by atoms with Crippen LogP contribution in [0.15, 0.2) is 30.3 Å². The molecule has 148 valence electrons. The van der Waals surface area contributed by atoms with E-state index in [2.05, 4.69) is 16.3 Å². The van der Waals surface area contributed by atoms with Crippen LogP contribution in [-0.2, 0) is 12.8 Å². The molecule has 1 aliphatic heterocycles. The Bertz CT molecular complexity index is 832. The summed E-state index contributed by atoms with van der Waals surface area (Å²) in [5.41, 5.74) is 3.09. The summed E-state index contributed by atoms with van der Waals surface area (Å²) in [6.45, 7) is 2.13. The largest absolute Gasteiger partial charge is 0.497 e. The normalized spacial score (nSPS) is 17.1. The molecular formula is C22H27N3O3. The third kappa shape index (κ3) is 4.26. The number of methoxy groups -OCH3 is 1. The number of likely N-dealkylation sites (tertiary alicyclic amines) is 1. The van der Waals surface area contributed by atoms with Crippen molar-refractivity contribution < 1.29 is 14.3 Å². The van der Waals surface area contributed by atoms with Gasteiger partial charge in [0, 0.05) is 24.7 Å². The summed E-state index contributed by atoms with van der Waals surface area (Å²) < 4.78 is 11.1. The number of benzene rings is 1. The van der Waals surface area contributed by atoms with E-state index in [4.69, 9.17) is 9.47 Å². The minimum absolute atomic E-state index is 0.0684. The second kappa shape index (κ2) is 8.59. The Hall–Kier alpha value is -2.63. The second-order valence-corrected chi connectivity index (χ2v) is 7.64. The average molecular weight is 381 g/mol. The fraction of sp³-hybridized carbons (Fsp3) is 0.500. The van der Waals surface area contributed by atoms with Gasteiger partial charge in [0.1, 0.15) is 5.75 Å². The third-order valence-corrected chi connectivity index (χ3v) is 5.73. The number of aryl methyl sites for hydroxylation is 2. The molecule has 0 atom stereocenters. The lowest BCUT2D eigenvalue weighted by molar-refractivity contribution is 0.0658. The molecule has 1 aromatic heterocycles. The Morgan fingerprint density at radius 1 is 1.14 bits per heavy atom. The number of rotatable bonds is 5. The molecule has 6 nitrogen and oxygen atoms in total. The molecule has 0 bridgehead atoms. The molecule has 1 saturated heterocycles. The van der Waals surface area contributed by atoms with Crippen molar-refractivity contribution in [3.63, 3.8) is 0 Å². The van der Waals surface area contributed by atoms with Crippen LogP contribution in [0.2, 0.25) is 0 Å². The smallest absolute Gasteiger partial charge is 0.253 e. The van der Waals surface area contributed by atoms with E-state index >= 15 is 0 Å². The number of nitrogens with zero attached hydrogens (tertiary/aromatic N) is 3. The fourth-order valence-corrected chi connectivity index (χ4v) is 3.99. The van der Waals surface area contributed by atoms with E-state index in [-0.39, 0.29) is 5.91 Å². The minimum Gasteiger partial charge on any atom is -0.497 e. The molecule has 1 fully saturated rings. The lowest BCUT2D eigenvalue weighted by atomic mass is 9.96. The zero-order valence-electron chi connectivity index (χ0n) is 16.4. The van der Waals surface area contributed by atoms with Gasteiger partial charge in [0.05, 0.1) is 19.4 Å². The van der Waals surface area contributed by atoms with Crippen LogP contribution >= 0.6 is 0 Å². The van der Waals surface area contributed by atoms with Gasteiger partial charge >= 0.3 is 0 Å². The van der Waals surface area contributed by atoms with Crippen LogP contribution in [0.25, 0.3) is 0 Å². The summed E-state index contributed by atoms with van der Waals surface area (Å²) in [5.74, 6) is 1.85. The van der Waals surface area contributed by atoms with Crippen molar-refractivity contribution in [2.24, 2.45) is 5.92 Å². The summed E-state index contributed by atoms with van der Waals surface area (Å²) in [6.07, 6.45) is 6.41. The third-order valence-electron chi connectivity index (χ3n) is 5.73. The predicted octanol–water partition coefficient (Wildman–Crippen LogP) is 3.30. The van der Waals surface area contributed by atoms with Crippen molar-refractivity contribution in [3.05, 3.63) is 47.2 Å². The number of fused-ring (bicyclic) bond motifs is 1. The first-order chi connectivity index (χ1) is 13.7. The number of carbonyl (C=O) groups is 1. The van der Waals surface area contributed by atoms with Crippen LogP contribution in [0.3, 0.4) is 0 Å². The van der Waals surface area contributed by atoms with Crippen LogP contribution in [0.5, 0.6) is 11.6 Å². The lowest BCUT2D eigenvalue weighted by Crippen LogP contribution is -2.39. The minimum atomic E-state index is 0.0684. The molecule has 1 aliphatic carbocycles. The number of amides is 1. The highest BCUT2D eigenvalue weighted by Crippen LogP contribution is 2.24. The molecule has 0 spiro atoms. The maximum Gasteiger partial charge on any atom is 0.253 e. The van der Waals surface area contributed by atoms with Crippen LogP contribution in [-0.4, -0.2) is 47.8 Å². The highest BCUT2D eigenvalue weighted by atomic mass is 16.5. The number of hydrogen-bond acceptors (Lipinski definition) is 5. The molecular weight excluding hydrogens is 354 g/mol. The van der Waals surface area contributed by atoms with Crippen molar-refractivity contribution in [2.45, 2.75) is 38.5 Å². The Labute approximate surface area is 165 Å². The monoisotopic (exact) mass is 381 g/mol. The van der Waals surface area contributed by atoms with Crippen LogP contribution in [0.4, 0.5) is 0 Å². The first kappa shape index (κ1) is 18.7. The highest BCUT2D eigenvalue weighted by molar-refractivity contribution is 5.94. The molecule has 1 aromatic carbocycles. The quantitative estimate of drug-likeness (QED) is 0.795. The first-order valence-corrected chi connectivity index (χ1v) is 10.1. The number of piperidine rings is 1. The van der Waals surface area contributed by atoms with Gasteiger partial charge in [-0.15, -0.1) is 5.10 Å². The van der Waals surface area contributed by atoms with Crippen molar-refractivity contribution in [2.75, 3.05) is 26.8 Å². The average Bonchev–Trinajstić information content (AvgIpc) is 2.77. The van der Waals surface area contributed by atoms with Gasteiger partial charge in [-0.05, 0) is 68.2 Å². The van der Waals surface area contributed by atoms with Gasteiger partial charge in [0.2, 0.25) is 5.88 Å². The van der Waals surface area contributed by atoms with Crippen molar-refractivity contribution in [1.82, 2.24) is 15.1 Å².